The molecule has 0 atom stereocenters. The number of amides is 1. The number of H-pyrrole nitrogens is 1. The number of ether oxygens (including phenoxy) is 1. The van der Waals surface area contributed by atoms with E-state index in [9.17, 15) is 4.79 Å². The number of benzene rings is 2. The maximum Gasteiger partial charge on any atom is 0.262 e. The molecule has 1 amide bonds. The molecule has 0 radical (unpaired) electrons. The van der Waals surface area contributed by atoms with Crippen molar-refractivity contribution in [3.05, 3.63) is 54.2 Å². The summed E-state index contributed by atoms with van der Waals surface area (Å²) in [5.74, 6) is 0.569. The van der Waals surface area contributed by atoms with E-state index in [2.05, 4.69) is 22.4 Å². The second-order valence-corrected chi connectivity index (χ2v) is 4.97. The highest BCUT2D eigenvalue weighted by atomic mass is 16.5. The summed E-state index contributed by atoms with van der Waals surface area (Å²) < 4.78 is 5.60. The molecular formula is C17H17N3O2. The molecule has 2 N–H and O–H groups in total. The molecule has 0 unspecified atom stereocenters. The van der Waals surface area contributed by atoms with E-state index >= 15 is 0 Å². The molecule has 22 heavy (non-hydrogen) atoms. The molecule has 0 fully saturated rings. The fraction of sp³-hybridized carbons (Fsp3) is 0.176. The highest BCUT2D eigenvalue weighted by Gasteiger charge is 2.07. The third kappa shape index (κ3) is 3.09. The van der Waals surface area contributed by atoms with Gasteiger partial charge in [0, 0.05) is 11.1 Å². The van der Waals surface area contributed by atoms with Crippen LogP contribution in [0.5, 0.6) is 5.75 Å². The predicted molar refractivity (Wildman–Crippen MR) is 86.0 cm³/mol. The van der Waals surface area contributed by atoms with Crippen LogP contribution in [-0.4, -0.2) is 22.7 Å². The molecule has 112 valence electrons. The fourth-order valence-corrected chi connectivity index (χ4v) is 2.30. The summed E-state index contributed by atoms with van der Waals surface area (Å²) in [5.41, 5.74) is 2.76. The monoisotopic (exact) mass is 295 g/mol. The van der Waals surface area contributed by atoms with E-state index in [4.69, 9.17) is 4.74 Å². The van der Waals surface area contributed by atoms with Crippen molar-refractivity contribution in [2.75, 3.05) is 11.9 Å². The Morgan fingerprint density at radius 3 is 3.00 bits per heavy atom. The lowest BCUT2D eigenvalue weighted by Crippen LogP contribution is -2.20. The number of carbonyl (C=O) groups excluding carboxylic acids is 1. The first kappa shape index (κ1) is 14.1. The molecule has 0 aliphatic carbocycles. The fourth-order valence-electron chi connectivity index (χ4n) is 2.30. The highest BCUT2D eigenvalue weighted by Crippen LogP contribution is 2.19. The first-order chi connectivity index (χ1) is 10.8. The van der Waals surface area contributed by atoms with Gasteiger partial charge in [-0.15, -0.1) is 0 Å². The van der Waals surface area contributed by atoms with Crippen LogP contribution in [-0.2, 0) is 11.2 Å². The predicted octanol–water partition coefficient (Wildman–Crippen LogP) is 3.14. The van der Waals surface area contributed by atoms with Gasteiger partial charge in [-0.25, -0.2) is 0 Å². The van der Waals surface area contributed by atoms with Crippen LogP contribution in [0, 0.1) is 0 Å². The number of fused-ring (bicyclic) bond motifs is 1. The van der Waals surface area contributed by atoms with Crippen LogP contribution in [0.25, 0.3) is 10.9 Å². The number of aryl methyl sites for hydroxylation is 1. The van der Waals surface area contributed by atoms with Crippen LogP contribution in [0.4, 0.5) is 5.69 Å². The van der Waals surface area contributed by atoms with Crippen LogP contribution in [0.15, 0.2) is 48.7 Å². The summed E-state index contributed by atoms with van der Waals surface area (Å²) in [6, 6.07) is 13.3. The Balaban J connectivity index is 1.62. The van der Waals surface area contributed by atoms with Crippen molar-refractivity contribution >= 4 is 22.5 Å². The molecule has 0 aliphatic heterocycles. The van der Waals surface area contributed by atoms with Crippen molar-refractivity contribution in [1.82, 2.24) is 10.2 Å². The number of aromatic amines is 1. The van der Waals surface area contributed by atoms with E-state index in [0.29, 0.717) is 0 Å². The Bertz CT molecular complexity index is 795. The number of nitrogens with zero attached hydrogens (tertiary/aromatic N) is 1. The van der Waals surface area contributed by atoms with Crippen molar-refractivity contribution in [3.8, 4) is 5.75 Å². The molecule has 0 saturated heterocycles. The second-order valence-electron chi connectivity index (χ2n) is 4.97. The Hall–Kier alpha value is -2.82. The maximum absolute atomic E-state index is 12.0. The summed E-state index contributed by atoms with van der Waals surface area (Å²) in [6.45, 7) is 2.04. The van der Waals surface area contributed by atoms with Crippen molar-refractivity contribution < 1.29 is 9.53 Å². The smallest absolute Gasteiger partial charge is 0.262 e. The zero-order valence-corrected chi connectivity index (χ0v) is 12.3. The van der Waals surface area contributed by atoms with Gasteiger partial charge in [-0.2, -0.15) is 5.10 Å². The van der Waals surface area contributed by atoms with Gasteiger partial charge in [-0.05, 0) is 36.2 Å². The van der Waals surface area contributed by atoms with E-state index in [1.165, 1.54) is 0 Å². The third-order valence-electron chi connectivity index (χ3n) is 3.44. The molecule has 1 aromatic heterocycles. The lowest BCUT2D eigenvalue weighted by atomic mass is 10.1. The number of hydrogen-bond acceptors (Lipinski definition) is 3. The Kier molecular flexibility index (Phi) is 4.05. The van der Waals surface area contributed by atoms with Crippen LogP contribution in [0.1, 0.15) is 12.5 Å². The van der Waals surface area contributed by atoms with E-state index in [-0.39, 0.29) is 12.5 Å². The highest BCUT2D eigenvalue weighted by molar-refractivity contribution is 5.94. The maximum atomic E-state index is 12.0. The van der Waals surface area contributed by atoms with Gasteiger partial charge in [0.25, 0.3) is 5.91 Å². The van der Waals surface area contributed by atoms with E-state index in [0.717, 1.165) is 34.3 Å². The molecule has 1 heterocycles. The van der Waals surface area contributed by atoms with Gasteiger partial charge in [0.2, 0.25) is 0 Å². The van der Waals surface area contributed by atoms with Gasteiger partial charge in [0.1, 0.15) is 5.75 Å². The summed E-state index contributed by atoms with van der Waals surface area (Å²) in [5, 5.41) is 10.6. The lowest BCUT2D eigenvalue weighted by Gasteiger charge is -2.10. The number of carbonyl (C=O) groups is 1. The van der Waals surface area contributed by atoms with Crippen LogP contribution >= 0.6 is 0 Å². The number of nitrogens with one attached hydrogen (secondary N) is 2. The standard InChI is InChI=1S/C17H17N3O2/c1-2-12-5-3-4-6-16(12)22-11-17(21)19-14-7-8-15-13(9-14)10-18-20-15/h3-10H,2,11H2,1H3,(H,18,20)(H,19,21). The Labute approximate surface area is 128 Å². The SMILES string of the molecule is CCc1ccccc1OCC(=O)Nc1ccc2[nH]ncc2c1. The minimum Gasteiger partial charge on any atom is -0.483 e. The third-order valence-corrected chi connectivity index (χ3v) is 3.44. The zero-order chi connectivity index (χ0) is 15.4. The topological polar surface area (TPSA) is 67.0 Å². The molecular weight excluding hydrogens is 278 g/mol. The van der Waals surface area contributed by atoms with Crippen LogP contribution in [0.2, 0.25) is 0 Å². The zero-order valence-electron chi connectivity index (χ0n) is 12.3. The Morgan fingerprint density at radius 1 is 1.27 bits per heavy atom. The number of aromatic nitrogens is 2. The van der Waals surface area contributed by atoms with Crippen LogP contribution < -0.4 is 10.1 Å². The number of anilines is 1. The van der Waals surface area contributed by atoms with E-state index in [1.807, 2.05) is 42.5 Å². The normalized spacial score (nSPS) is 10.6. The first-order valence-electron chi connectivity index (χ1n) is 7.20. The quantitative estimate of drug-likeness (QED) is 0.760. The van der Waals surface area contributed by atoms with E-state index in [1.54, 1.807) is 6.20 Å². The van der Waals surface area contributed by atoms with Crippen molar-refractivity contribution in [2.24, 2.45) is 0 Å². The molecule has 2 aromatic carbocycles. The first-order valence-corrected chi connectivity index (χ1v) is 7.20. The minimum absolute atomic E-state index is 0.0135. The Morgan fingerprint density at radius 2 is 2.14 bits per heavy atom. The molecule has 0 aliphatic rings. The molecule has 5 nitrogen and oxygen atoms in total. The van der Waals surface area contributed by atoms with Gasteiger partial charge in [-0.3, -0.25) is 9.89 Å². The molecule has 3 rings (SSSR count). The second kappa shape index (κ2) is 6.30. The molecule has 3 aromatic rings. The number of rotatable bonds is 5. The minimum atomic E-state index is -0.186. The van der Waals surface area contributed by atoms with Gasteiger partial charge in [0.05, 0.1) is 11.7 Å². The van der Waals surface area contributed by atoms with E-state index < -0.39 is 0 Å². The van der Waals surface area contributed by atoms with Gasteiger partial charge < -0.3 is 10.1 Å². The number of hydrogen-bond donors (Lipinski definition) is 2. The van der Waals surface area contributed by atoms with Crippen LogP contribution in [0.3, 0.4) is 0 Å². The molecule has 0 bridgehead atoms. The van der Waals surface area contributed by atoms with Gasteiger partial charge in [-0.1, -0.05) is 25.1 Å². The average molecular weight is 295 g/mol. The largest absolute Gasteiger partial charge is 0.483 e. The van der Waals surface area contributed by atoms with Crippen molar-refractivity contribution in [1.29, 1.82) is 0 Å². The summed E-state index contributed by atoms with van der Waals surface area (Å²) >= 11 is 0. The average Bonchev–Trinajstić information content (AvgIpc) is 3.01. The number of para-hydroxylation sites is 1. The van der Waals surface area contributed by atoms with Crippen molar-refractivity contribution in [2.45, 2.75) is 13.3 Å². The summed E-state index contributed by atoms with van der Waals surface area (Å²) in [6.07, 6.45) is 2.59. The molecule has 0 spiro atoms. The molecule has 0 saturated carbocycles. The lowest BCUT2D eigenvalue weighted by molar-refractivity contribution is -0.118. The molecule has 5 heteroatoms. The van der Waals surface area contributed by atoms with Gasteiger partial charge >= 0.3 is 0 Å². The van der Waals surface area contributed by atoms with Gasteiger partial charge in [0.15, 0.2) is 6.61 Å². The summed E-state index contributed by atoms with van der Waals surface area (Å²) in [4.78, 5) is 12.0. The van der Waals surface area contributed by atoms with Crippen molar-refractivity contribution in [3.63, 3.8) is 0 Å². The summed E-state index contributed by atoms with van der Waals surface area (Å²) in [7, 11) is 0.